The van der Waals surface area contributed by atoms with Crippen LogP contribution in [-0.4, -0.2) is 28.8 Å². The third kappa shape index (κ3) is 3.70. The quantitative estimate of drug-likeness (QED) is 0.736. The Bertz CT molecular complexity index is 184. The highest BCUT2D eigenvalue weighted by atomic mass is 32.2. The van der Waals surface area contributed by atoms with Gasteiger partial charge >= 0.3 is 0 Å². The Labute approximate surface area is 90.3 Å². The number of nitrogens with one attached hydrogen (secondary N) is 1. The molecular formula is C11H23NOS. The van der Waals surface area contributed by atoms with E-state index in [2.05, 4.69) is 12.2 Å². The lowest BCUT2D eigenvalue weighted by atomic mass is 10.0. The molecule has 0 radical (unpaired) electrons. The van der Waals surface area contributed by atoms with Crippen LogP contribution in [0.2, 0.25) is 0 Å². The Morgan fingerprint density at radius 3 is 2.79 bits per heavy atom. The molecule has 3 unspecified atom stereocenters. The predicted molar refractivity (Wildman–Crippen MR) is 63.0 cm³/mol. The van der Waals surface area contributed by atoms with Gasteiger partial charge in [0.1, 0.15) is 0 Å². The van der Waals surface area contributed by atoms with Crippen molar-refractivity contribution < 1.29 is 4.21 Å². The van der Waals surface area contributed by atoms with Gasteiger partial charge in [-0.3, -0.25) is 4.21 Å². The summed E-state index contributed by atoms with van der Waals surface area (Å²) < 4.78 is 11.5. The van der Waals surface area contributed by atoms with Gasteiger partial charge in [-0.1, -0.05) is 13.3 Å². The van der Waals surface area contributed by atoms with Gasteiger partial charge in [0, 0.05) is 28.3 Å². The summed E-state index contributed by atoms with van der Waals surface area (Å²) in [6.45, 7) is 2.10. The maximum absolute atomic E-state index is 11.5. The van der Waals surface area contributed by atoms with Crippen LogP contribution in [0.1, 0.15) is 39.0 Å². The first kappa shape index (κ1) is 12.2. The monoisotopic (exact) mass is 217 g/mol. The second-order valence-corrected chi connectivity index (χ2v) is 5.92. The van der Waals surface area contributed by atoms with Crippen molar-refractivity contribution >= 4 is 10.8 Å². The Morgan fingerprint density at radius 1 is 1.36 bits per heavy atom. The van der Waals surface area contributed by atoms with Crippen LogP contribution in [0.3, 0.4) is 0 Å². The van der Waals surface area contributed by atoms with E-state index < -0.39 is 10.8 Å². The molecule has 2 nitrogen and oxygen atoms in total. The second kappa shape index (κ2) is 6.57. The molecule has 1 aliphatic carbocycles. The number of hydrogen-bond donors (Lipinski definition) is 1. The standard InChI is InChI=1S/C11H23NOS/c1-3-8-14(13)9-7-10-5-4-6-11(10)12-2/h10-12H,3-9H2,1-2H3. The van der Waals surface area contributed by atoms with Crippen LogP contribution in [0.25, 0.3) is 0 Å². The van der Waals surface area contributed by atoms with Crippen LogP contribution in [0, 0.1) is 5.92 Å². The highest BCUT2D eigenvalue weighted by Gasteiger charge is 2.25. The summed E-state index contributed by atoms with van der Waals surface area (Å²) >= 11 is 0. The van der Waals surface area contributed by atoms with Gasteiger partial charge in [0.25, 0.3) is 0 Å². The minimum absolute atomic E-state index is 0.561. The van der Waals surface area contributed by atoms with Crippen LogP contribution >= 0.6 is 0 Å². The summed E-state index contributed by atoms with van der Waals surface area (Å²) in [6, 6.07) is 0.689. The van der Waals surface area contributed by atoms with Crippen molar-refractivity contribution in [3.63, 3.8) is 0 Å². The normalized spacial score (nSPS) is 29.3. The highest BCUT2D eigenvalue weighted by Crippen LogP contribution is 2.28. The molecule has 0 bridgehead atoms. The van der Waals surface area contributed by atoms with E-state index in [1.54, 1.807) is 0 Å². The molecule has 0 saturated heterocycles. The van der Waals surface area contributed by atoms with Crippen molar-refractivity contribution in [2.24, 2.45) is 5.92 Å². The summed E-state index contributed by atoms with van der Waals surface area (Å²) in [5.74, 6) is 2.58. The van der Waals surface area contributed by atoms with E-state index in [9.17, 15) is 4.21 Å². The van der Waals surface area contributed by atoms with Crippen LogP contribution in [0.15, 0.2) is 0 Å². The van der Waals surface area contributed by atoms with Gasteiger partial charge in [-0.2, -0.15) is 0 Å². The maximum atomic E-state index is 11.5. The molecule has 3 atom stereocenters. The molecule has 14 heavy (non-hydrogen) atoms. The van der Waals surface area contributed by atoms with Crippen LogP contribution in [-0.2, 0) is 10.8 Å². The molecule has 0 spiro atoms. The van der Waals surface area contributed by atoms with Crippen molar-refractivity contribution in [1.82, 2.24) is 5.32 Å². The molecule has 0 aromatic heterocycles. The number of rotatable bonds is 6. The summed E-state index contributed by atoms with van der Waals surface area (Å²) in [6.07, 6.45) is 6.18. The van der Waals surface area contributed by atoms with Crippen LogP contribution in [0.5, 0.6) is 0 Å². The third-order valence-electron chi connectivity index (χ3n) is 3.18. The zero-order valence-corrected chi connectivity index (χ0v) is 10.2. The molecule has 1 saturated carbocycles. The lowest BCUT2D eigenvalue weighted by Crippen LogP contribution is -2.29. The van der Waals surface area contributed by atoms with Crippen molar-refractivity contribution in [3.8, 4) is 0 Å². The molecule has 1 aliphatic rings. The van der Waals surface area contributed by atoms with Gasteiger partial charge in [0.15, 0.2) is 0 Å². The van der Waals surface area contributed by atoms with Gasteiger partial charge in [-0.05, 0) is 38.6 Å². The average Bonchev–Trinajstić information content (AvgIpc) is 2.62. The van der Waals surface area contributed by atoms with Gasteiger partial charge in [-0.15, -0.1) is 0 Å². The Balaban J connectivity index is 2.20. The molecule has 1 N–H and O–H groups in total. The molecule has 84 valence electrons. The minimum atomic E-state index is -0.561. The molecule has 1 rings (SSSR count). The molecule has 0 amide bonds. The summed E-state index contributed by atoms with van der Waals surface area (Å²) in [5.41, 5.74) is 0. The molecule has 0 heterocycles. The summed E-state index contributed by atoms with van der Waals surface area (Å²) in [7, 11) is 1.49. The lowest BCUT2D eigenvalue weighted by Gasteiger charge is -2.18. The smallest absolute Gasteiger partial charge is 0.0238 e. The lowest BCUT2D eigenvalue weighted by molar-refractivity contribution is 0.416. The van der Waals surface area contributed by atoms with Gasteiger partial charge < -0.3 is 5.32 Å². The fraction of sp³-hybridized carbons (Fsp3) is 1.00. The topological polar surface area (TPSA) is 29.1 Å². The molecule has 1 fully saturated rings. The first-order chi connectivity index (χ1) is 6.77. The minimum Gasteiger partial charge on any atom is -0.317 e. The third-order valence-corrected chi connectivity index (χ3v) is 4.73. The Hall–Kier alpha value is 0.110. The van der Waals surface area contributed by atoms with E-state index in [4.69, 9.17) is 0 Å². The Kier molecular flexibility index (Phi) is 5.71. The van der Waals surface area contributed by atoms with E-state index in [-0.39, 0.29) is 0 Å². The van der Waals surface area contributed by atoms with Gasteiger partial charge in [0.2, 0.25) is 0 Å². The molecule has 0 aromatic carbocycles. The average molecular weight is 217 g/mol. The predicted octanol–water partition coefficient (Wildman–Crippen LogP) is 1.92. The van der Waals surface area contributed by atoms with E-state index in [1.165, 1.54) is 19.3 Å². The number of hydrogen-bond acceptors (Lipinski definition) is 2. The maximum Gasteiger partial charge on any atom is 0.0238 e. The summed E-state index contributed by atoms with van der Waals surface area (Å²) in [5, 5.41) is 3.37. The molecule has 0 aliphatic heterocycles. The second-order valence-electron chi connectivity index (χ2n) is 4.22. The van der Waals surface area contributed by atoms with E-state index >= 15 is 0 Å². The van der Waals surface area contributed by atoms with Crippen LogP contribution in [0.4, 0.5) is 0 Å². The fourth-order valence-electron chi connectivity index (χ4n) is 2.37. The molecule has 0 aromatic rings. The first-order valence-electron chi connectivity index (χ1n) is 5.80. The fourth-order valence-corrected chi connectivity index (χ4v) is 3.60. The zero-order valence-electron chi connectivity index (χ0n) is 9.42. The molecular weight excluding hydrogens is 194 g/mol. The van der Waals surface area contributed by atoms with E-state index in [0.717, 1.165) is 30.3 Å². The van der Waals surface area contributed by atoms with Crippen molar-refractivity contribution in [2.45, 2.75) is 45.1 Å². The molecule has 3 heteroatoms. The van der Waals surface area contributed by atoms with Crippen molar-refractivity contribution in [3.05, 3.63) is 0 Å². The van der Waals surface area contributed by atoms with E-state index in [1.807, 2.05) is 7.05 Å². The Morgan fingerprint density at radius 2 is 2.14 bits per heavy atom. The van der Waals surface area contributed by atoms with Crippen LogP contribution < -0.4 is 5.32 Å². The van der Waals surface area contributed by atoms with Gasteiger partial charge in [0.05, 0.1) is 0 Å². The zero-order chi connectivity index (χ0) is 10.4. The van der Waals surface area contributed by atoms with E-state index in [0.29, 0.717) is 6.04 Å². The van der Waals surface area contributed by atoms with Gasteiger partial charge in [-0.25, -0.2) is 0 Å². The van der Waals surface area contributed by atoms with Crippen molar-refractivity contribution in [1.29, 1.82) is 0 Å². The van der Waals surface area contributed by atoms with Crippen molar-refractivity contribution in [2.75, 3.05) is 18.6 Å². The highest BCUT2D eigenvalue weighted by molar-refractivity contribution is 7.84. The largest absolute Gasteiger partial charge is 0.317 e. The summed E-state index contributed by atoms with van der Waals surface area (Å²) in [4.78, 5) is 0. The first-order valence-corrected chi connectivity index (χ1v) is 7.29. The SMILES string of the molecule is CCCS(=O)CCC1CCCC1NC.